The van der Waals surface area contributed by atoms with Crippen molar-refractivity contribution in [2.24, 2.45) is 11.0 Å². The molecule has 1 amide bonds. The van der Waals surface area contributed by atoms with Gasteiger partial charge in [-0.15, -0.1) is 0 Å². The maximum atomic E-state index is 12.2. The zero-order valence-corrected chi connectivity index (χ0v) is 14.8. The van der Waals surface area contributed by atoms with Crippen LogP contribution in [0.25, 0.3) is 0 Å². The van der Waals surface area contributed by atoms with Crippen LogP contribution in [0.15, 0.2) is 53.6 Å². The van der Waals surface area contributed by atoms with Gasteiger partial charge in [-0.25, -0.2) is 5.43 Å². The van der Waals surface area contributed by atoms with Crippen molar-refractivity contribution in [2.75, 3.05) is 6.61 Å². The molecule has 2 aromatic carbocycles. The Morgan fingerprint density at radius 3 is 2.24 bits per heavy atom. The molecule has 2 rings (SSSR count). The van der Waals surface area contributed by atoms with E-state index in [-0.39, 0.29) is 11.7 Å². The Kier molecular flexibility index (Phi) is 6.57. The molecule has 0 aromatic heterocycles. The summed E-state index contributed by atoms with van der Waals surface area (Å²) in [7, 11) is 0. The number of nitrogens with zero attached hydrogens (tertiary/aromatic N) is 1. The number of carbonyl (C=O) groups is 1. The molecule has 0 radical (unpaired) electrons. The van der Waals surface area contributed by atoms with Crippen molar-refractivity contribution in [1.29, 1.82) is 0 Å². The molecule has 5 heteroatoms. The highest BCUT2D eigenvalue weighted by atomic mass is 16.5. The quantitative estimate of drug-likeness (QED) is 0.592. The molecule has 0 aliphatic carbocycles. The van der Waals surface area contributed by atoms with Gasteiger partial charge in [0.15, 0.2) is 0 Å². The number of nitrogens with one attached hydrogen (secondary N) is 1. The third kappa shape index (κ3) is 5.64. The van der Waals surface area contributed by atoms with Crippen LogP contribution in [0.3, 0.4) is 0 Å². The maximum Gasteiger partial charge on any atom is 0.271 e. The summed E-state index contributed by atoms with van der Waals surface area (Å²) < 4.78 is 5.61. The molecule has 0 atom stereocenters. The molecule has 0 unspecified atom stereocenters. The number of ether oxygens (including phenoxy) is 1. The van der Waals surface area contributed by atoms with E-state index in [9.17, 15) is 9.90 Å². The fraction of sp³-hybridized carbons (Fsp3) is 0.300. The first-order chi connectivity index (χ1) is 12.0. The topological polar surface area (TPSA) is 70.9 Å². The molecule has 25 heavy (non-hydrogen) atoms. The van der Waals surface area contributed by atoms with Crippen molar-refractivity contribution in [2.45, 2.75) is 27.2 Å². The van der Waals surface area contributed by atoms with Gasteiger partial charge >= 0.3 is 0 Å². The molecule has 5 nitrogen and oxygen atoms in total. The number of benzene rings is 2. The van der Waals surface area contributed by atoms with Crippen LogP contribution >= 0.6 is 0 Å². The number of phenolic OH excluding ortho intramolecular Hbond substituents is 1. The van der Waals surface area contributed by atoms with E-state index in [1.165, 1.54) is 0 Å². The Hall–Kier alpha value is -2.82. The molecular weight excluding hydrogens is 316 g/mol. The van der Waals surface area contributed by atoms with Gasteiger partial charge in [0.1, 0.15) is 11.5 Å². The summed E-state index contributed by atoms with van der Waals surface area (Å²) in [6.07, 6.45) is 0.660. The average molecular weight is 340 g/mol. The van der Waals surface area contributed by atoms with Crippen molar-refractivity contribution in [3.05, 3.63) is 59.7 Å². The Bertz CT molecular complexity index is 720. The van der Waals surface area contributed by atoms with Crippen LogP contribution in [-0.2, 0) is 0 Å². The van der Waals surface area contributed by atoms with Gasteiger partial charge in [0, 0.05) is 5.56 Å². The normalized spacial score (nSPS) is 11.4. The van der Waals surface area contributed by atoms with Crippen LogP contribution in [-0.4, -0.2) is 23.3 Å². The lowest BCUT2D eigenvalue weighted by Gasteiger charge is -2.09. The molecule has 0 spiro atoms. The van der Waals surface area contributed by atoms with Crippen LogP contribution in [0.2, 0.25) is 0 Å². The third-order valence-electron chi connectivity index (χ3n) is 3.53. The largest absolute Gasteiger partial charge is 0.508 e. The SMILES string of the molecule is CCC(=NNC(=O)c1ccc(OCC(C)C)cc1)c1ccc(O)cc1. The standard InChI is InChI=1S/C20H24N2O3/c1-4-19(15-5-9-17(23)10-6-15)21-22-20(24)16-7-11-18(12-8-16)25-13-14(2)3/h5-12,14,23H,4,13H2,1-3H3,(H,22,24). The lowest BCUT2D eigenvalue weighted by Crippen LogP contribution is -2.20. The van der Waals surface area contributed by atoms with Crippen molar-refractivity contribution in [1.82, 2.24) is 5.43 Å². The minimum absolute atomic E-state index is 0.197. The number of hydrazone groups is 1. The van der Waals surface area contributed by atoms with Gasteiger partial charge in [-0.05, 0) is 66.4 Å². The van der Waals surface area contributed by atoms with Crippen molar-refractivity contribution >= 4 is 11.6 Å². The van der Waals surface area contributed by atoms with Gasteiger partial charge in [0.25, 0.3) is 5.91 Å². The van der Waals surface area contributed by atoms with Crippen LogP contribution < -0.4 is 10.2 Å². The number of amides is 1. The van der Waals surface area contributed by atoms with Gasteiger partial charge in [-0.3, -0.25) is 4.79 Å². The molecule has 0 saturated heterocycles. The first-order valence-corrected chi connectivity index (χ1v) is 8.38. The number of rotatable bonds is 7. The summed E-state index contributed by atoms with van der Waals surface area (Å²) in [6, 6.07) is 13.7. The number of phenols is 1. The molecule has 0 fully saturated rings. The van der Waals surface area contributed by atoms with Crippen molar-refractivity contribution in [3.63, 3.8) is 0 Å². The number of hydrogen-bond donors (Lipinski definition) is 2. The summed E-state index contributed by atoms with van der Waals surface area (Å²) in [5.74, 6) is 1.11. The van der Waals surface area contributed by atoms with E-state index in [0.717, 1.165) is 17.0 Å². The van der Waals surface area contributed by atoms with Gasteiger partial charge in [-0.2, -0.15) is 5.10 Å². The Labute approximate surface area is 148 Å². The van der Waals surface area contributed by atoms with Crippen molar-refractivity contribution in [3.8, 4) is 11.5 Å². The predicted octanol–water partition coefficient (Wildman–Crippen LogP) is 3.97. The second-order valence-electron chi connectivity index (χ2n) is 6.13. The molecular formula is C20H24N2O3. The summed E-state index contributed by atoms with van der Waals surface area (Å²) in [5.41, 5.74) is 4.69. The molecule has 2 aromatic rings. The highest BCUT2D eigenvalue weighted by Crippen LogP contribution is 2.14. The molecule has 0 saturated carbocycles. The van der Waals surface area contributed by atoms with E-state index in [1.807, 2.05) is 6.92 Å². The first-order valence-electron chi connectivity index (χ1n) is 8.38. The predicted molar refractivity (Wildman–Crippen MR) is 99.2 cm³/mol. The fourth-order valence-electron chi connectivity index (χ4n) is 2.15. The van der Waals surface area contributed by atoms with Crippen LogP contribution in [0.1, 0.15) is 43.1 Å². The van der Waals surface area contributed by atoms with Gasteiger partial charge in [0.05, 0.1) is 12.3 Å². The smallest absolute Gasteiger partial charge is 0.271 e. The van der Waals surface area contributed by atoms with Gasteiger partial charge < -0.3 is 9.84 Å². The molecule has 0 aliphatic rings. The fourth-order valence-corrected chi connectivity index (χ4v) is 2.15. The third-order valence-corrected chi connectivity index (χ3v) is 3.53. The summed E-state index contributed by atoms with van der Waals surface area (Å²) >= 11 is 0. The molecule has 0 heterocycles. The molecule has 0 bridgehead atoms. The zero-order valence-electron chi connectivity index (χ0n) is 14.8. The van der Waals surface area contributed by atoms with E-state index in [2.05, 4.69) is 24.4 Å². The Morgan fingerprint density at radius 2 is 1.68 bits per heavy atom. The summed E-state index contributed by atoms with van der Waals surface area (Å²) in [5, 5.41) is 13.6. The summed E-state index contributed by atoms with van der Waals surface area (Å²) in [6.45, 7) is 6.76. The zero-order chi connectivity index (χ0) is 18.2. The number of hydrogen-bond acceptors (Lipinski definition) is 4. The highest BCUT2D eigenvalue weighted by molar-refractivity contribution is 6.02. The van der Waals surface area contributed by atoms with E-state index in [0.29, 0.717) is 24.5 Å². The summed E-state index contributed by atoms with van der Waals surface area (Å²) in [4.78, 5) is 12.2. The number of aromatic hydroxyl groups is 1. The minimum atomic E-state index is -0.278. The van der Waals surface area contributed by atoms with Crippen LogP contribution in [0.5, 0.6) is 11.5 Å². The van der Waals surface area contributed by atoms with Gasteiger partial charge in [-0.1, -0.05) is 20.8 Å². The molecule has 132 valence electrons. The van der Waals surface area contributed by atoms with E-state index >= 15 is 0 Å². The maximum absolute atomic E-state index is 12.2. The minimum Gasteiger partial charge on any atom is -0.508 e. The highest BCUT2D eigenvalue weighted by Gasteiger charge is 2.07. The van der Waals surface area contributed by atoms with Crippen molar-refractivity contribution < 1.29 is 14.6 Å². The molecule has 2 N–H and O–H groups in total. The first kappa shape index (κ1) is 18.5. The van der Waals surface area contributed by atoms with E-state index in [4.69, 9.17) is 4.74 Å². The number of carbonyl (C=O) groups excluding carboxylic acids is 1. The van der Waals surface area contributed by atoms with Crippen LogP contribution in [0.4, 0.5) is 0 Å². The second-order valence-corrected chi connectivity index (χ2v) is 6.13. The lowest BCUT2D eigenvalue weighted by molar-refractivity contribution is 0.0954. The van der Waals surface area contributed by atoms with Crippen LogP contribution in [0, 0.1) is 5.92 Å². The lowest BCUT2D eigenvalue weighted by atomic mass is 10.1. The molecule has 0 aliphatic heterocycles. The Balaban J connectivity index is 2.01. The van der Waals surface area contributed by atoms with E-state index < -0.39 is 0 Å². The monoisotopic (exact) mass is 340 g/mol. The second kappa shape index (κ2) is 8.87. The average Bonchev–Trinajstić information content (AvgIpc) is 2.62. The van der Waals surface area contributed by atoms with E-state index in [1.54, 1.807) is 48.5 Å². The van der Waals surface area contributed by atoms with Gasteiger partial charge in [0.2, 0.25) is 0 Å². The Morgan fingerprint density at radius 1 is 1.08 bits per heavy atom.